The number of halogens is 1. The third-order valence-corrected chi connectivity index (χ3v) is 4.08. The summed E-state index contributed by atoms with van der Waals surface area (Å²) in [7, 11) is -4.59. The molecule has 1 fully saturated rings. The highest BCUT2D eigenvalue weighted by atomic mass is 32.3. The van der Waals surface area contributed by atoms with Gasteiger partial charge in [-0.25, -0.2) is 4.98 Å². The Bertz CT molecular complexity index is 773. The zero-order valence-corrected chi connectivity index (χ0v) is 11.1. The Kier molecular flexibility index (Phi) is 2.93. The molecule has 0 aliphatic carbocycles. The summed E-state index contributed by atoms with van der Waals surface area (Å²) >= 11 is 0. The van der Waals surface area contributed by atoms with Gasteiger partial charge in [0, 0.05) is 25.1 Å². The summed E-state index contributed by atoms with van der Waals surface area (Å²) in [6.07, 6.45) is 1.59. The predicted molar refractivity (Wildman–Crippen MR) is 69.2 cm³/mol. The molecule has 1 unspecified atom stereocenters. The average Bonchev–Trinajstić information content (AvgIpc) is 2.90. The fourth-order valence-electron chi connectivity index (χ4n) is 2.43. The van der Waals surface area contributed by atoms with Crippen molar-refractivity contribution >= 4 is 33.0 Å². The van der Waals surface area contributed by atoms with E-state index in [0.717, 1.165) is 0 Å². The molecule has 0 saturated carbocycles. The second-order valence-corrected chi connectivity index (χ2v) is 6.14. The summed E-state index contributed by atoms with van der Waals surface area (Å²) in [6, 6.07) is 3.47. The van der Waals surface area contributed by atoms with Crippen molar-refractivity contribution in [2.45, 2.75) is 6.42 Å². The minimum atomic E-state index is -4.59. The number of hydrogen-bond donors (Lipinski definition) is 1. The summed E-state index contributed by atoms with van der Waals surface area (Å²) in [5.41, 5.74) is 0.539. The van der Waals surface area contributed by atoms with Crippen LogP contribution in [0.15, 0.2) is 18.3 Å². The molecule has 1 saturated heterocycles. The van der Waals surface area contributed by atoms with Gasteiger partial charge in [0.15, 0.2) is 11.5 Å². The monoisotopic (exact) mass is 298 g/mol. The maximum atomic E-state index is 12.7. The van der Waals surface area contributed by atoms with Crippen molar-refractivity contribution in [1.29, 1.82) is 0 Å². The van der Waals surface area contributed by atoms with Crippen LogP contribution in [0.1, 0.15) is 6.42 Å². The van der Waals surface area contributed by atoms with Gasteiger partial charge in [0.2, 0.25) is 5.91 Å². The molecular formula is C11H11FN4O3S. The van der Waals surface area contributed by atoms with Gasteiger partial charge < -0.3 is 0 Å². The average molecular weight is 298 g/mol. The highest BCUT2D eigenvalue weighted by Gasteiger charge is 2.35. The molecule has 7 nitrogen and oxygen atoms in total. The molecule has 0 spiro atoms. The van der Waals surface area contributed by atoms with Crippen LogP contribution in [0.3, 0.4) is 0 Å². The highest BCUT2D eigenvalue weighted by molar-refractivity contribution is 7.86. The van der Waals surface area contributed by atoms with Gasteiger partial charge in [0.05, 0.1) is 11.1 Å². The van der Waals surface area contributed by atoms with Crippen LogP contribution in [-0.4, -0.2) is 41.8 Å². The van der Waals surface area contributed by atoms with Crippen molar-refractivity contribution in [2.75, 3.05) is 17.2 Å². The zero-order chi connectivity index (χ0) is 14.3. The molecule has 1 N–H and O–H groups in total. The number of amides is 1. The number of H-pyrrole nitrogens is 1. The van der Waals surface area contributed by atoms with E-state index in [0.29, 0.717) is 16.9 Å². The Balaban J connectivity index is 1.90. The van der Waals surface area contributed by atoms with Crippen molar-refractivity contribution in [3.63, 3.8) is 0 Å². The minimum Gasteiger partial charge on any atom is -0.294 e. The molecule has 20 heavy (non-hydrogen) atoms. The summed E-state index contributed by atoms with van der Waals surface area (Å²) < 4.78 is 34.0. The molecule has 1 atom stereocenters. The number of nitrogens with zero attached hydrogens (tertiary/aromatic N) is 3. The maximum Gasteiger partial charge on any atom is 0.302 e. The van der Waals surface area contributed by atoms with Gasteiger partial charge in [-0.1, -0.05) is 0 Å². The van der Waals surface area contributed by atoms with E-state index in [1.54, 1.807) is 18.3 Å². The lowest BCUT2D eigenvalue weighted by molar-refractivity contribution is -0.117. The number of carbonyl (C=O) groups excluding carboxylic acids is 1. The van der Waals surface area contributed by atoms with Crippen LogP contribution in [0.2, 0.25) is 0 Å². The lowest BCUT2D eigenvalue weighted by Gasteiger charge is -2.13. The lowest BCUT2D eigenvalue weighted by atomic mass is 10.1. The molecule has 3 heterocycles. The van der Waals surface area contributed by atoms with Crippen molar-refractivity contribution in [2.24, 2.45) is 5.92 Å². The number of carbonyl (C=O) groups is 1. The van der Waals surface area contributed by atoms with Crippen LogP contribution in [0.5, 0.6) is 0 Å². The fraction of sp³-hybridized carbons (Fsp3) is 0.364. The van der Waals surface area contributed by atoms with Crippen LogP contribution >= 0.6 is 0 Å². The van der Waals surface area contributed by atoms with Gasteiger partial charge in [-0.15, -0.1) is 3.89 Å². The molecule has 0 aromatic carbocycles. The number of fused-ring (bicyclic) bond motifs is 1. The Morgan fingerprint density at radius 3 is 3.05 bits per heavy atom. The molecule has 106 valence electrons. The number of aromatic nitrogens is 3. The van der Waals surface area contributed by atoms with Crippen LogP contribution < -0.4 is 4.90 Å². The number of hydrogen-bond acceptors (Lipinski definition) is 5. The van der Waals surface area contributed by atoms with Crippen LogP contribution in [0, 0.1) is 5.92 Å². The first kappa shape index (κ1) is 13.0. The van der Waals surface area contributed by atoms with E-state index in [4.69, 9.17) is 0 Å². The summed E-state index contributed by atoms with van der Waals surface area (Å²) in [6.45, 7) is 0.136. The first-order valence-electron chi connectivity index (χ1n) is 5.96. The standard InChI is InChI=1S/C11H11FN4O3S/c12-20(18,19)6-7-4-9(17)16(5-7)11-8-2-1-3-13-10(8)14-15-11/h1-3,7H,4-6H2,(H,13,14,15). The minimum absolute atomic E-state index is 0.00222. The Hall–Kier alpha value is -2.03. The number of rotatable bonds is 3. The molecule has 2 aromatic heterocycles. The number of anilines is 1. The number of pyridine rings is 1. The van der Waals surface area contributed by atoms with E-state index in [2.05, 4.69) is 15.2 Å². The lowest BCUT2D eigenvalue weighted by Crippen LogP contribution is -2.25. The van der Waals surface area contributed by atoms with Gasteiger partial charge in [-0.05, 0) is 12.1 Å². The largest absolute Gasteiger partial charge is 0.302 e. The van der Waals surface area contributed by atoms with Crippen molar-refractivity contribution < 1.29 is 17.1 Å². The topological polar surface area (TPSA) is 96.0 Å². The molecule has 9 heteroatoms. The van der Waals surface area contributed by atoms with Crippen LogP contribution in [0.4, 0.5) is 9.70 Å². The normalized spacial score (nSPS) is 19.9. The second-order valence-electron chi connectivity index (χ2n) is 4.73. The first-order chi connectivity index (χ1) is 9.44. The van der Waals surface area contributed by atoms with Gasteiger partial charge in [0.25, 0.3) is 0 Å². The van der Waals surface area contributed by atoms with Crippen LogP contribution in [-0.2, 0) is 15.0 Å². The third kappa shape index (κ3) is 2.36. The molecule has 1 aliphatic heterocycles. The summed E-state index contributed by atoms with van der Waals surface area (Å²) in [4.78, 5) is 17.4. The third-order valence-electron chi connectivity index (χ3n) is 3.21. The van der Waals surface area contributed by atoms with E-state index in [9.17, 15) is 17.1 Å². The van der Waals surface area contributed by atoms with E-state index >= 15 is 0 Å². The van der Waals surface area contributed by atoms with Crippen molar-refractivity contribution in [3.05, 3.63) is 18.3 Å². The zero-order valence-electron chi connectivity index (χ0n) is 10.3. The number of aromatic amines is 1. The van der Waals surface area contributed by atoms with E-state index in [1.807, 2.05) is 0 Å². The van der Waals surface area contributed by atoms with Gasteiger partial charge >= 0.3 is 10.2 Å². The summed E-state index contributed by atoms with van der Waals surface area (Å²) in [5, 5.41) is 7.41. The smallest absolute Gasteiger partial charge is 0.294 e. The highest BCUT2D eigenvalue weighted by Crippen LogP contribution is 2.29. The Morgan fingerprint density at radius 2 is 2.30 bits per heavy atom. The molecule has 0 bridgehead atoms. The van der Waals surface area contributed by atoms with E-state index in [-0.39, 0.29) is 18.9 Å². The van der Waals surface area contributed by atoms with E-state index in [1.165, 1.54) is 4.90 Å². The molecule has 0 radical (unpaired) electrons. The molecule has 3 rings (SSSR count). The SMILES string of the molecule is O=C1CC(CS(=O)(=O)F)CN1c1n[nH]c2ncccc12. The van der Waals surface area contributed by atoms with Crippen molar-refractivity contribution in [1.82, 2.24) is 15.2 Å². The number of nitrogens with one attached hydrogen (secondary N) is 1. The first-order valence-corrected chi connectivity index (χ1v) is 7.51. The molecule has 1 amide bonds. The Morgan fingerprint density at radius 1 is 1.50 bits per heavy atom. The van der Waals surface area contributed by atoms with Gasteiger partial charge in [0.1, 0.15) is 0 Å². The fourth-order valence-corrected chi connectivity index (χ4v) is 3.21. The molecule has 2 aromatic rings. The van der Waals surface area contributed by atoms with E-state index < -0.39 is 21.9 Å². The van der Waals surface area contributed by atoms with Gasteiger partial charge in [-0.3, -0.25) is 14.8 Å². The molecule has 1 aliphatic rings. The predicted octanol–water partition coefficient (Wildman–Crippen LogP) is 0.610. The molecular weight excluding hydrogens is 287 g/mol. The second kappa shape index (κ2) is 4.51. The van der Waals surface area contributed by atoms with Crippen molar-refractivity contribution in [3.8, 4) is 0 Å². The quantitative estimate of drug-likeness (QED) is 0.838. The Labute approximate surface area is 114 Å². The van der Waals surface area contributed by atoms with Crippen LogP contribution in [0.25, 0.3) is 11.0 Å². The maximum absolute atomic E-state index is 12.7. The summed E-state index contributed by atoms with van der Waals surface area (Å²) in [5.74, 6) is -1.07. The van der Waals surface area contributed by atoms with Gasteiger partial charge in [-0.2, -0.15) is 13.5 Å².